The Balaban J connectivity index is 1.64. The number of nitrogens with zero attached hydrogens (tertiary/aromatic N) is 2. The number of benzene rings is 3. The second kappa shape index (κ2) is 10.1. The summed E-state index contributed by atoms with van der Waals surface area (Å²) in [5, 5.41) is 11.6. The predicted octanol–water partition coefficient (Wildman–Crippen LogP) is 6.41. The molecule has 1 atom stereocenters. The van der Waals surface area contributed by atoms with E-state index in [0.29, 0.717) is 33.7 Å². The first-order valence-corrected chi connectivity index (χ1v) is 12.9. The van der Waals surface area contributed by atoms with Crippen molar-refractivity contribution >= 4 is 44.1 Å². The summed E-state index contributed by atoms with van der Waals surface area (Å²) >= 11 is 1.12. The highest BCUT2D eigenvalue weighted by atomic mass is 32.1. The zero-order chi connectivity index (χ0) is 26.1. The summed E-state index contributed by atoms with van der Waals surface area (Å²) in [4.78, 5) is 32.6. The average molecular weight is 517 g/mol. The molecule has 1 N–H and O–H groups in total. The normalized spacial score (nSPS) is 17.1. The molecule has 1 aliphatic heterocycles. The zero-order valence-electron chi connectivity index (χ0n) is 20.4. The second-order valence-electron chi connectivity index (χ2n) is 8.75. The Kier molecular flexibility index (Phi) is 6.76. The van der Waals surface area contributed by atoms with E-state index in [0.717, 1.165) is 29.7 Å². The summed E-state index contributed by atoms with van der Waals surface area (Å²) in [6.45, 7) is 4.61. The molecule has 0 spiro atoms. The van der Waals surface area contributed by atoms with Gasteiger partial charge in [0.05, 0.1) is 28.4 Å². The van der Waals surface area contributed by atoms with Gasteiger partial charge in [-0.05, 0) is 66.4 Å². The molecule has 1 unspecified atom stereocenters. The second-order valence-corrected chi connectivity index (χ2v) is 9.75. The number of halogens is 1. The first kappa shape index (κ1) is 24.6. The molecule has 0 saturated carbocycles. The zero-order valence-corrected chi connectivity index (χ0v) is 21.2. The van der Waals surface area contributed by atoms with E-state index in [1.54, 1.807) is 24.3 Å². The summed E-state index contributed by atoms with van der Waals surface area (Å²) in [6, 6.07) is 17.6. The van der Waals surface area contributed by atoms with Crippen molar-refractivity contribution in [3.63, 3.8) is 0 Å². The van der Waals surface area contributed by atoms with Crippen LogP contribution in [0.25, 0.3) is 16.0 Å². The van der Waals surface area contributed by atoms with Gasteiger partial charge in [-0.1, -0.05) is 49.4 Å². The van der Waals surface area contributed by atoms with Gasteiger partial charge in [-0.2, -0.15) is 0 Å². The van der Waals surface area contributed by atoms with Gasteiger partial charge in [0.15, 0.2) is 5.13 Å². The molecular formula is C29H25FN2O4S. The fourth-order valence-corrected chi connectivity index (χ4v) is 5.37. The van der Waals surface area contributed by atoms with Gasteiger partial charge in [-0.3, -0.25) is 14.5 Å². The highest BCUT2D eigenvalue weighted by Gasteiger charge is 2.48. The fourth-order valence-electron chi connectivity index (χ4n) is 4.35. The third-order valence-electron chi connectivity index (χ3n) is 6.29. The Morgan fingerprint density at radius 1 is 1.05 bits per heavy atom. The lowest BCUT2D eigenvalue weighted by Gasteiger charge is -2.23. The van der Waals surface area contributed by atoms with E-state index < -0.39 is 23.5 Å². The van der Waals surface area contributed by atoms with Gasteiger partial charge in [0.25, 0.3) is 5.78 Å². The molecule has 1 aliphatic rings. The number of carbonyl (C=O) groups excluding carboxylic acids is 2. The monoisotopic (exact) mass is 516 g/mol. The molecule has 2 heterocycles. The van der Waals surface area contributed by atoms with E-state index in [9.17, 15) is 19.1 Å². The van der Waals surface area contributed by atoms with E-state index in [2.05, 4.69) is 4.98 Å². The van der Waals surface area contributed by atoms with Crippen molar-refractivity contribution in [2.24, 2.45) is 0 Å². The summed E-state index contributed by atoms with van der Waals surface area (Å²) in [7, 11) is 0. The minimum atomic E-state index is -0.896. The number of Topliss-reactive ketones (excluding diaryl/α,β-unsaturated/α-hetero) is 1. The maximum atomic E-state index is 13.8. The van der Waals surface area contributed by atoms with E-state index in [-0.39, 0.29) is 16.5 Å². The number of amides is 1. The van der Waals surface area contributed by atoms with E-state index in [1.165, 1.54) is 23.1 Å². The van der Waals surface area contributed by atoms with Crippen molar-refractivity contribution in [3.05, 3.63) is 94.8 Å². The number of rotatable bonds is 7. The SMILES string of the molecule is CCCOc1ccc(/C(O)=C2\C(=O)C(=O)N(c3nc4ccc(F)cc4s3)C2c2ccc(CC)cc2)cc1. The van der Waals surface area contributed by atoms with Crippen molar-refractivity contribution in [1.29, 1.82) is 0 Å². The lowest BCUT2D eigenvalue weighted by molar-refractivity contribution is -0.132. The van der Waals surface area contributed by atoms with Crippen LogP contribution in [0.1, 0.15) is 43.0 Å². The number of aryl methyl sites for hydroxylation is 1. The van der Waals surface area contributed by atoms with Crippen molar-refractivity contribution in [1.82, 2.24) is 4.98 Å². The smallest absolute Gasteiger partial charge is 0.301 e. The van der Waals surface area contributed by atoms with Crippen LogP contribution in [0.15, 0.2) is 72.3 Å². The van der Waals surface area contributed by atoms with Gasteiger partial charge in [0.2, 0.25) is 0 Å². The van der Waals surface area contributed by atoms with Crippen LogP contribution in [-0.4, -0.2) is 28.4 Å². The van der Waals surface area contributed by atoms with E-state index >= 15 is 0 Å². The van der Waals surface area contributed by atoms with Crippen LogP contribution in [0.3, 0.4) is 0 Å². The third kappa shape index (κ3) is 4.60. The Morgan fingerprint density at radius 2 is 1.78 bits per heavy atom. The number of ether oxygens (including phenoxy) is 1. The number of aromatic nitrogens is 1. The molecule has 3 aromatic carbocycles. The Morgan fingerprint density at radius 3 is 2.46 bits per heavy atom. The van der Waals surface area contributed by atoms with Crippen molar-refractivity contribution < 1.29 is 23.8 Å². The van der Waals surface area contributed by atoms with Crippen LogP contribution < -0.4 is 9.64 Å². The number of aliphatic hydroxyl groups is 1. The lowest BCUT2D eigenvalue weighted by atomic mass is 9.94. The topological polar surface area (TPSA) is 79.7 Å². The number of carbonyl (C=O) groups is 2. The molecule has 37 heavy (non-hydrogen) atoms. The van der Waals surface area contributed by atoms with Gasteiger partial charge >= 0.3 is 5.91 Å². The Bertz CT molecular complexity index is 1510. The number of thiazole rings is 1. The van der Waals surface area contributed by atoms with Crippen LogP contribution in [-0.2, 0) is 16.0 Å². The third-order valence-corrected chi connectivity index (χ3v) is 7.31. The number of ketones is 1. The van der Waals surface area contributed by atoms with Crippen LogP contribution >= 0.6 is 11.3 Å². The number of hydrogen-bond donors (Lipinski definition) is 1. The summed E-state index contributed by atoms with van der Waals surface area (Å²) in [5.41, 5.74) is 2.64. The van der Waals surface area contributed by atoms with Crippen LogP contribution in [0, 0.1) is 5.82 Å². The van der Waals surface area contributed by atoms with Crippen molar-refractivity contribution in [3.8, 4) is 5.75 Å². The van der Waals surface area contributed by atoms with Gasteiger partial charge in [0.1, 0.15) is 17.3 Å². The van der Waals surface area contributed by atoms with Gasteiger partial charge in [-0.25, -0.2) is 9.37 Å². The molecule has 1 amide bonds. The van der Waals surface area contributed by atoms with Gasteiger partial charge < -0.3 is 9.84 Å². The quantitative estimate of drug-likeness (QED) is 0.174. The molecule has 5 rings (SSSR count). The molecule has 0 radical (unpaired) electrons. The van der Waals surface area contributed by atoms with Gasteiger partial charge in [-0.15, -0.1) is 0 Å². The molecule has 0 bridgehead atoms. The molecule has 8 heteroatoms. The maximum Gasteiger partial charge on any atom is 0.301 e. The first-order chi connectivity index (χ1) is 17.9. The Hall–Kier alpha value is -4.04. The molecule has 0 aliphatic carbocycles. The minimum absolute atomic E-state index is 0.0260. The number of fused-ring (bicyclic) bond motifs is 1. The predicted molar refractivity (Wildman–Crippen MR) is 142 cm³/mol. The first-order valence-electron chi connectivity index (χ1n) is 12.1. The summed E-state index contributed by atoms with van der Waals surface area (Å²) in [5.74, 6) is -1.65. The maximum absolute atomic E-state index is 13.8. The fraction of sp³-hybridized carbons (Fsp3) is 0.207. The largest absolute Gasteiger partial charge is 0.507 e. The standard InChI is InChI=1S/C29H25FN2O4S/c1-3-15-36-21-12-9-19(10-13-21)26(33)24-25(18-7-5-17(4-2)6-8-18)32(28(35)27(24)34)29-31-22-14-11-20(30)16-23(22)37-29/h5-14,16,25,33H,3-4,15H2,1-2H3/b26-24+. The molecule has 188 valence electrons. The lowest BCUT2D eigenvalue weighted by Crippen LogP contribution is -2.29. The molecule has 4 aromatic rings. The molecule has 1 fully saturated rings. The molecule has 1 aromatic heterocycles. The summed E-state index contributed by atoms with van der Waals surface area (Å²) < 4.78 is 20.0. The van der Waals surface area contributed by atoms with E-state index in [4.69, 9.17) is 4.74 Å². The van der Waals surface area contributed by atoms with Crippen molar-refractivity contribution in [2.75, 3.05) is 11.5 Å². The minimum Gasteiger partial charge on any atom is -0.507 e. The van der Waals surface area contributed by atoms with Crippen LogP contribution in [0.4, 0.5) is 9.52 Å². The van der Waals surface area contributed by atoms with Crippen molar-refractivity contribution in [2.45, 2.75) is 32.7 Å². The van der Waals surface area contributed by atoms with Crippen LogP contribution in [0.5, 0.6) is 5.75 Å². The Labute approximate surface area is 217 Å². The molecule has 6 nitrogen and oxygen atoms in total. The molecule has 1 saturated heterocycles. The van der Waals surface area contributed by atoms with E-state index in [1.807, 2.05) is 38.1 Å². The number of aliphatic hydroxyl groups excluding tert-OH is 1. The highest BCUT2D eigenvalue weighted by Crippen LogP contribution is 2.44. The average Bonchev–Trinajstić information content (AvgIpc) is 3.45. The summed E-state index contributed by atoms with van der Waals surface area (Å²) in [6.07, 6.45) is 1.69. The molecular weight excluding hydrogens is 491 g/mol. The number of hydrogen-bond acceptors (Lipinski definition) is 6. The highest BCUT2D eigenvalue weighted by molar-refractivity contribution is 7.22. The van der Waals surface area contributed by atoms with Gasteiger partial charge in [0, 0.05) is 5.56 Å². The number of anilines is 1. The van der Waals surface area contributed by atoms with Crippen LogP contribution in [0.2, 0.25) is 0 Å².